The summed E-state index contributed by atoms with van der Waals surface area (Å²) in [4.78, 5) is 35.2. The number of hydrogen-bond acceptors (Lipinski definition) is 6. The molecule has 38 heavy (non-hydrogen) atoms. The minimum atomic E-state index is -0.492. The molecule has 0 aromatic heterocycles. The first-order valence-electron chi connectivity index (χ1n) is 13.6. The van der Waals surface area contributed by atoms with Crippen molar-refractivity contribution >= 4 is 30.3 Å². The number of ketones is 1. The number of nitrogens with two attached hydrogens (primary N) is 1. The van der Waals surface area contributed by atoms with Crippen molar-refractivity contribution in [1.82, 2.24) is 5.32 Å². The summed E-state index contributed by atoms with van der Waals surface area (Å²) in [5.41, 5.74) is 7.23. The summed E-state index contributed by atoms with van der Waals surface area (Å²) in [6, 6.07) is -0.419. The lowest BCUT2D eigenvalue weighted by Gasteiger charge is -2.07. The zero-order chi connectivity index (χ0) is 28.3. The first-order chi connectivity index (χ1) is 18.4. The van der Waals surface area contributed by atoms with E-state index in [1.165, 1.54) is 11.6 Å². The molecule has 0 heterocycles. The molecule has 3 N–H and O–H groups in total. The summed E-state index contributed by atoms with van der Waals surface area (Å²) >= 11 is 3.98. The van der Waals surface area contributed by atoms with Crippen molar-refractivity contribution < 1.29 is 19.1 Å². The van der Waals surface area contributed by atoms with Crippen LogP contribution in [0.4, 0.5) is 0 Å². The van der Waals surface area contributed by atoms with Crippen LogP contribution in [-0.2, 0) is 19.1 Å². The Bertz CT molecular complexity index is 841. The Labute approximate surface area is 235 Å². The summed E-state index contributed by atoms with van der Waals surface area (Å²) in [5, 5.41) is 2.56. The van der Waals surface area contributed by atoms with Crippen LogP contribution in [0.3, 0.4) is 0 Å². The average Bonchev–Trinajstić information content (AvgIpc) is 2.90. The Morgan fingerprint density at radius 2 is 1.50 bits per heavy atom. The fourth-order valence-corrected chi connectivity index (χ4v) is 3.26. The van der Waals surface area contributed by atoms with E-state index in [4.69, 9.17) is 10.5 Å². The summed E-state index contributed by atoms with van der Waals surface area (Å²) in [5.74, 6) is -0.311. The van der Waals surface area contributed by atoms with Crippen LogP contribution in [0, 0.1) is 0 Å². The average molecular weight is 545 g/mol. The van der Waals surface area contributed by atoms with Crippen molar-refractivity contribution in [2.45, 2.75) is 84.1 Å². The quantitative estimate of drug-likeness (QED) is 0.0660. The molecular formula is C31H48N2O4S. The predicted molar refractivity (Wildman–Crippen MR) is 162 cm³/mol. The second-order valence-electron chi connectivity index (χ2n) is 8.90. The summed E-state index contributed by atoms with van der Waals surface area (Å²) in [7, 11) is 0. The minimum Gasteiger partial charge on any atom is -0.456 e. The van der Waals surface area contributed by atoms with Gasteiger partial charge < -0.3 is 15.8 Å². The number of carbonyl (C=O) groups excluding carboxylic acids is 3. The Morgan fingerprint density at radius 1 is 0.895 bits per heavy atom. The maximum absolute atomic E-state index is 12.1. The second-order valence-corrected chi connectivity index (χ2v) is 9.35. The Morgan fingerprint density at radius 3 is 2.11 bits per heavy atom. The van der Waals surface area contributed by atoms with Gasteiger partial charge in [-0.3, -0.25) is 14.4 Å². The first kappa shape index (κ1) is 35.4. The lowest BCUT2D eigenvalue weighted by Crippen LogP contribution is -2.30. The summed E-state index contributed by atoms with van der Waals surface area (Å²) in [6.07, 6.45) is 30.3. The molecule has 0 rings (SSSR count). The fourth-order valence-electron chi connectivity index (χ4n) is 3.15. The van der Waals surface area contributed by atoms with Crippen LogP contribution >= 0.6 is 12.6 Å². The molecule has 0 fully saturated rings. The van der Waals surface area contributed by atoms with Gasteiger partial charge in [0.25, 0.3) is 5.91 Å². The van der Waals surface area contributed by atoms with E-state index in [0.717, 1.165) is 44.9 Å². The molecule has 0 aliphatic carbocycles. The second kappa shape index (κ2) is 26.0. The summed E-state index contributed by atoms with van der Waals surface area (Å²) < 4.78 is 4.89. The van der Waals surface area contributed by atoms with E-state index >= 15 is 0 Å². The van der Waals surface area contributed by atoms with Crippen molar-refractivity contribution in [2.75, 3.05) is 18.9 Å². The highest BCUT2D eigenvalue weighted by Gasteiger charge is 2.09. The van der Waals surface area contributed by atoms with E-state index in [1.54, 1.807) is 6.08 Å². The monoisotopic (exact) mass is 544 g/mol. The van der Waals surface area contributed by atoms with Gasteiger partial charge in [-0.1, -0.05) is 73.3 Å². The van der Waals surface area contributed by atoms with Gasteiger partial charge in [0, 0.05) is 31.2 Å². The number of thiol groups is 1. The molecular weight excluding hydrogens is 496 g/mol. The predicted octanol–water partition coefficient (Wildman–Crippen LogP) is 6.12. The number of amides is 1. The molecule has 1 unspecified atom stereocenters. The Kier molecular flexibility index (Phi) is 24.2. The van der Waals surface area contributed by atoms with Crippen molar-refractivity contribution in [3.8, 4) is 0 Å². The molecule has 212 valence electrons. The number of ether oxygens (including phenoxy) is 1. The highest BCUT2D eigenvalue weighted by Crippen LogP contribution is 2.09. The van der Waals surface area contributed by atoms with Gasteiger partial charge >= 0.3 is 5.97 Å². The van der Waals surface area contributed by atoms with Crippen LogP contribution in [0.2, 0.25) is 0 Å². The van der Waals surface area contributed by atoms with E-state index in [0.29, 0.717) is 25.1 Å². The number of esters is 1. The third-order valence-electron chi connectivity index (χ3n) is 5.32. The smallest absolute Gasteiger partial charge is 0.306 e. The molecule has 1 atom stereocenters. The van der Waals surface area contributed by atoms with E-state index in [2.05, 4.69) is 86.5 Å². The van der Waals surface area contributed by atoms with Crippen LogP contribution in [0.15, 0.2) is 72.4 Å². The number of carbonyl (C=O) groups is 3. The normalized spacial score (nSPS) is 13.4. The van der Waals surface area contributed by atoms with Crippen LogP contribution in [-0.4, -0.2) is 42.6 Å². The van der Waals surface area contributed by atoms with Crippen molar-refractivity contribution in [2.24, 2.45) is 5.73 Å². The van der Waals surface area contributed by atoms with Crippen molar-refractivity contribution in [3.63, 3.8) is 0 Å². The van der Waals surface area contributed by atoms with Gasteiger partial charge in [0.15, 0.2) is 12.4 Å². The van der Waals surface area contributed by atoms with Gasteiger partial charge in [0.1, 0.15) is 0 Å². The molecule has 0 saturated heterocycles. The summed E-state index contributed by atoms with van der Waals surface area (Å²) in [6.45, 7) is 4.34. The van der Waals surface area contributed by atoms with Gasteiger partial charge in [-0.25, -0.2) is 0 Å². The molecule has 0 saturated carbocycles. The lowest BCUT2D eigenvalue weighted by molar-refractivity contribution is -0.148. The zero-order valence-corrected chi connectivity index (χ0v) is 24.2. The van der Waals surface area contributed by atoms with Gasteiger partial charge in [-0.15, -0.1) is 0 Å². The van der Waals surface area contributed by atoms with E-state index in [1.807, 2.05) is 0 Å². The maximum atomic E-state index is 12.1. The molecule has 1 amide bonds. The highest BCUT2D eigenvalue weighted by molar-refractivity contribution is 7.80. The number of allylic oxidation sites excluding steroid dienone is 11. The molecule has 7 heteroatoms. The Balaban J connectivity index is 3.94. The van der Waals surface area contributed by atoms with Crippen molar-refractivity contribution in [3.05, 3.63) is 72.4 Å². The third kappa shape index (κ3) is 25.0. The maximum Gasteiger partial charge on any atom is 0.306 e. The van der Waals surface area contributed by atoms with Gasteiger partial charge in [0.2, 0.25) is 0 Å². The largest absolute Gasteiger partial charge is 0.456 e. The molecule has 6 nitrogen and oxygen atoms in total. The van der Waals surface area contributed by atoms with Gasteiger partial charge in [0.05, 0.1) is 0 Å². The first-order valence-corrected chi connectivity index (χ1v) is 14.3. The minimum absolute atomic E-state index is 0.0237. The van der Waals surface area contributed by atoms with Gasteiger partial charge in [-0.05, 0) is 64.4 Å². The third-order valence-corrected chi connectivity index (χ3v) is 5.55. The molecule has 0 bridgehead atoms. The Hall–Kier alpha value is -2.64. The molecule has 0 aliphatic heterocycles. The fraction of sp³-hybridized carbons (Fsp3) is 0.516. The van der Waals surface area contributed by atoms with E-state index in [9.17, 15) is 14.4 Å². The van der Waals surface area contributed by atoms with Crippen LogP contribution in [0.1, 0.15) is 78.1 Å². The van der Waals surface area contributed by atoms with Crippen LogP contribution in [0.25, 0.3) is 0 Å². The lowest BCUT2D eigenvalue weighted by atomic mass is 10.1. The van der Waals surface area contributed by atoms with Crippen LogP contribution < -0.4 is 11.1 Å². The topological polar surface area (TPSA) is 98.5 Å². The molecule has 0 spiro atoms. The SMILES string of the molecule is CCC=CCC=CCC=CCC=CCC=C(C)CCCC(=O)C=CC(N)CCC(=O)OCC(=O)NCCS. The van der Waals surface area contributed by atoms with Gasteiger partial charge in [-0.2, -0.15) is 12.6 Å². The van der Waals surface area contributed by atoms with E-state index in [-0.39, 0.29) is 24.7 Å². The highest BCUT2D eigenvalue weighted by atomic mass is 32.1. The molecule has 0 radical (unpaired) electrons. The van der Waals surface area contributed by atoms with Crippen molar-refractivity contribution in [1.29, 1.82) is 0 Å². The molecule has 0 aromatic rings. The number of nitrogens with one attached hydrogen (secondary N) is 1. The number of rotatable bonds is 22. The molecule has 0 aliphatic rings. The van der Waals surface area contributed by atoms with E-state index < -0.39 is 12.0 Å². The number of hydrogen-bond donors (Lipinski definition) is 3. The standard InChI is InChI=1S/C31H48N2O4S/c1-3-4-5-6-7-8-9-10-11-12-13-14-15-17-27(2)18-16-19-29(34)22-20-28(32)21-23-31(36)37-26-30(35)33-24-25-38/h4-5,7-8,10-11,13-14,17,20,22,28,38H,3,6,9,12,15-16,18-19,21,23-26,32H2,1-2H3,(H,33,35). The van der Waals surface area contributed by atoms with Crippen LogP contribution in [0.5, 0.6) is 0 Å². The zero-order valence-electron chi connectivity index (χ0n) is 23.3. The molecule has 0 aromatic carbocycles.